The van der Waals surface area contributed by atoms with E-state index >= 15 is 17.6 Å². The van der Waals surface area contributed by atoms with Gasteiger partial charge in [0, 0.05) is 10.8 Å². The minimum absolute atomic E-state index is 0.199. The zero-order valence-corrected chi connectivity index (χ0v) is 42.3. The summed E-state index contributed by atoms with van der Waals surface area (Å²) in [5, 5.41) is 23.6. The van der Waals surface area contributed by atoms with E-state index in [0.29, 0.717) is 22.7 Å². The van der Waals surface area contributed by atoms with Crippen molar-refractivity contribution in [1.82, 2.24) is 0 Å². The summed E-state index contributed by atoms with van der Waals surface area (Å²) >= 11 is 0. The van der Waals surface area contributed by atoms with Crippen molar-refractivity contribution in [1.29, 1.82) is 10.5 Å². The summed E-state index contributed by atoms with van der Waals surface area (Å²) < 4.78 is 72.4. The molecule has 3 aliphatic rings. The molecule has 75 heavy (non-hydrogen) atoms. The van der Waals surface area contributed by atoms with Gasteiger partial charge < -0.3 is 9.80 Å². The first-order chi connectivity index (χ1) is 35.9. The van der Waals surface area contributed by atoms with E-state index < -0.39 is 50.5 Å². The van der Waals surface area contributed by atoms with Crippen molar-refractivity contribution >= 4 is 34.1 Å². The number of nitrogens with zero attached hydrogens (tertiary/aromatic N) is 4. The fourth-order valence-electron chi connectivity index (χ4n) is 12.0. The number of anilines is 6. The van der Waals surface area contributed by atoms with Crippen LogP contribution >= 0.6 is 0 Å². The predicted molar refractivity (Wildman–Crippen MR) is 293 cm³/mol. The average Bonchev–Trinajstić information content (AvgIpc) is 3.55. The average molecular weight is 987 g/mol. The monoisotopic (exact) mass is 986 g/mol. The Morgan fingerprint density at radius 2 is 0.613 bits per heavy atom. The topological polar surface area (TPSA) is 54.1 Å². The van der Waals surface area contributed by atoms with Crippen LogP contribution in [0.4, 0.5) is 51.7 Å². The van der Waals surface area contributed by atoms with Crippen LogP contribution < -0.4 is 9.80 Å². The van der Waals surface area contributed by atoms with Crippen LogP contribution in [0.5, 0.6) is 0 Å². The number of benzene rings is 9. The smallest absolute Gasteiger partial charge is 0.286 e. The predicted octanol–water partition coefficient (Wildman–Crippen LogP) is 18.5. The van der Waals surface area contributed by atoms with Crippen molar-refractivity contribution in [2.75, 3.05) is 9.80 Å². The van der Waals surface area contributed by atoms with Crippen molar-refractivity contribution in [3.8, 4) is 56.6 Å². The molecule has 0 spiro atoms. The first-order valence-corrected chi connectivity index (χ1v) is 25.1. The number of rotatable bonds is 6. The van der Waals surface area contributed by atoms with Gasteiger partial charge in [-0.25, -0.2) is 17.6 Å². The molecular formula is C67H50F4N4. The van der Waals surface area contributed by atoms with Gasteiger partial charge in [-0.15, -0.1) is 0 Å². The molecule has 12 rings (SSSR count). The molecule has 1 aliphatic carbocycles. The Kier molecular flexibility index (Phi) is 10.5. The molecule has 9 aromatic rings. The second-order valence-electron chi connectivity index (χ2n) is 21.5. The first kappa shape index (κ1) is 47.3. The molecule has 366 valence electrons. The molecule has 0 saturated heterocycles. The van der Waals surface area contributed by atoms with E-state index in [9.17, 15) is 10.5 Å². The highest BCUT2D eigenvalue weighted by Crippen LogP contribution is 2.71. The Bertz CT molecular complexity index is 3700. The summed E-state index contributed by atoms with van der Waals surface area (Å²) in [6, 6.07) is 67.2. The zero-order chi connectivity index (χ0) is 52.4. The summed E-state index contributed by atoms with van der Waals surface area (Å²) in [5.74, 6) is -8.55. The van der Waals surface area contributed by atoms with Crippen molar-refractivity contribution in [2.45, 2.75) is 64.2 Å². The van der Waals surface area contributed by atoms with Crippen LogP contribution in [-0.4, -0.2) is 0 Å². The van der Waals surface area contributed by atoms with Gasteiger partial charge >= 0.3 is 0 Å². The van der Waals surface area contributed by atoms with Crippen LogP contribution in [-0.2, 0) is 22.7 Å². The van der Waals surface area contributed by atoms with Gasteiger partial charge in [0.2, 0.25) is 0 Å². The maximum Gasteiger partial charge on any atom is 0.286 e. The van der Waals surface area contributed by atoms with E-state index in [4.69, 9.17) is 0 Å². The normalized spacial score (nSPS) is 16.6. The third-order valence-corrected chi connectivity index (χ3v) is 16.4. The lowest BCUT2D eigenvalue weighted by atomic mass is 9.71. The second kappa shape index (κ2) is 16.6. The third kappa shape index (κ3) is 6.72. The van der Waals surface area contributed by atoms with Gasteiger partial charge in [-0.05, 0) is 129 Å². The number of fused-ring (bicyclic) bond motifs is 5. The van der Waals surface area contributed by atoms with E-state index in [2.05, 4.69) is 52.0 Å². The molecule has 0 aromatic heterocycles. The number of nitriles is 2. The lowest BCUT2D eigenvalue weighted by molar-refractivity contribution is -0.212. The van der Waals surface area contributed by atoms with Crippen LogP contribution in [0.3, 0.4) is 0 Å². The second-order valence-corrected chi connectivity index (χ2v) is 21.5. The maximum absolute atomic E-state index is 18.2. The lowest BCUT2D eigenvalue weighted by Gasteiger charge is -2.45. The minimum Gasteiger partial charge on any atom is -0.308 e. The van der Waals surface area contributed by atoms with Crippen LogP contribution in [0.1, 0.15) is 86.1 Å². The fraction of sp³-hybridized carbons (Fsp3) is 0.164. The van der Waals surface area contributed by atoms with Gasteiger partial charge in [0.25, 0.3) is 11.8 Å². The molecule has 2 aliphatic heterocycles. The summed E-state index contributed by atoms with van der Waals surface area (Å²) in [4.78, 5) is 3.33. The molecule has 0 amide bonds. The molecule has 4 nitrogen and oxygen atoms in total. The van der Waals surface area contributed by atoms with E-state index in [1.54, 1.807) is 9.80 Å². The fourth-order valence-corrected chi connectivity index (χ4v) is 12.0. The van der Waals surface area contributed by atoms with Gasteiger partial charge in [0.05, 0.1) is 50.8 Å². The van der Waals surface area contributed by atoms with Gasteiger partial charge in [0.1, 0.15) is 23.1 Å². The minimum atomic E-state index is -4.28. The highest BCUT2D eigenvalue weighted by atomic mass is 19.3. The van der Waals surface area contributed by atoms with Crippen LogP contribution in [0, 0.1) is 28.1 Å². The summed E-state index contributed by atoms with van der Waals surface area (Å²) in [6.07, 6.45) is 0. The van der Waals surface area contributed by atoms with Crippen molar-refractivity contribution in [3.05, 3.63) is 239 Å². The highest BCUT2D eigenvalue weighted by molar-refractivity contribution is 6.01. The third-order valence-electron chi connectivity index (χ3n) is 16.4. The van der Waals surface area contributed by atoms with Gasteiger partial charge in [0.15, 0.2) is 0 Å². The molecule has 0 bridgehead atoms. The van der Waals surface area contributed by atoms with Crippen molar-refractivity contribution in [2.24, 2.45) is 5.41 Å². The molecule has 0 atom stereocenters. The molecule has 9 aromatic carbocycles. The summed E-state index contributed by atoms with van der Waals surface area (Å²) in [5.41, 5.74) is 3.86. The number of hydrogen-bond donors (Lipinski definition) is 0. The van der Waals surface area contributed by atoms with E-state index in [-0.39, 0.29) is 11.3 Å². The Morgan fingerprint density at radius 1 is 0.333 bits per heavy atom. The van der Waals surface area contributed by atoms with E-state index in [0.717, 1.165) is 80.6 Å². The molecule has 8 heteroatoms. The SMILES string of the molecule is CC1(C)c2cc(-c3ccccc3)ccc2N(c2c(C#N)c(N3c4ccc(-c5ccccc5)cc4C(C)(C)c4cc(-c5ccccc5)ccc43)c3c(c2C#N)C(F)(F)C(C)(C)C3(F)F)c2ccc(-c3ccccc3)cc21. The molecule has 0 unspecified atom stereocenters. The van der Waals surface area contributed by atoms with Gasteiger partial charge in [-0.1, -0.05) is 173 Å². The molecule has 0 radical (unpaired) electrons. The molecule has 0 fully saturated rings. The quantitative estimate of drug-likeness (QED) is 0.156. The summed E-state index contributed by atoms with van der Waals surface area (Å²) in [7, 11) is 0. The molecule has 2 heterocycles. The Morgan fingerprint density at radius 3 is 0.907 bits per heavy atom. The van der Waals surface area contributed by atoms with Crippen LogP contribution in [0.2, 0.25) is 0 Å². The largest absolute Gasteiger partial charge is 0.308 e. The first-order valence-electron chi connectivity index (χ1n) is 25.1. The number of alkyl halides is 4. The number of halogens is 4. The Hall–Kier alpha value is -8.72. The van der Waals surface area contributed by atoms with Crippen molar-refractivity contribution in [3.63, 3.8) is 0 Å². The lowest BCUT2D eigenvalue weighted by Crippen LogP contribution is -2.39. The molecular weight excluding hydrogens is 937 g/mol. The molecule has 0 N–H and O–H groups in total. The van der Waals surface area contributed by atoms with E-state index in [1.807, 2.05) is 182 Å². The van der Waals surface area contributed by atoms with E-state index in [1.165, 1.54) is 0 Å². The van der Waals surface area contributed by atoms with Crippen LogP contribution in [0.25, 0.3) is 44.5 Å². The summed E-state index contributed by atoms with van der Waals surface area (Å²) in [6.45, 7) is 10.1. The Labute approximate surface area is 435 Å². The van der Waals surface area contributed by atoms with Crippen LogP contribution in [0.15, 0.2) is 194 Å². The number of hydrogen-bond acceptors (Lipinski definition) is 4. The molecule has 0 saturated carbocycles. The van der Waals surface area contributed by atoms with Crippen molar-refractivity contribution < 1.29 is 17.6 Å². The standard InChI is InChI=1S/C67H50F4N4/c1-63(2)51-35-45(41-19-11-7-12-20-41)27-31-55(51)74(56-32-28-46(36-52(56)63)42-21-13-8-14-22-42)61-49(39-72)59-60(67(70,71)65(5,6)66(59,68)69)62(50(61)40-73)75-57-33-29-47(43-23-15-9-16-24-43)37-53(57)64(3,4)54-38-48(30-34-58(54)75)44-25-17-10-18-26-44/h7-38H,1-6H3. The Balaban J connectivity index is 1.23. The van der Waals surface area contributed by atoms with Gasteiger partial charge in [-0.2, -0.15) is 10.5 Å². The maximum atomic E-state index is 18.2. The highest BCUT2D eigenvalue weighted by Gasteiger charge is 2.73. The zero-order valence-electron chi connectivity index (χ0n) is 42.3. The van der Waals surface area contributed by atoms with Gasteiger partial charge in [-0.3, -0.25) is 0 Å².